The number of amides is 1. The third kappa shape index (κ3) is 5.93. The molecule has 1 aromatic rings. The van der Waals surface area contributed by atoms with Gasteiger partial charge in [0.05, 0.1) is 12.6 Å². The standard InChI is InChI=1S/C21H32N6O3S/c1-21(2,25-15-20(28)27-12-6-7-17(27)13-22)16-24-19-9-8-18(14-23-19)31(29,30)26-10-4-3-5-11-26/h8-9,14,17,25H,3-7,10-12,15-16H2,1-2H3,(H,23,24)/t17-/m0/s1. The van der Waals surface area contributed by atoms with E-state index in [0.717, 1.165) is 32.1 Å². The van der Waals surface area contributed by atoms with Gasteiger partial charge in [0, 0.05) is 37.9 Å². The van der Waals surface area contributed by atoms with Crippen LogP contribution < -0.4 is 10.6 Å². The van der Waals surface area contributed by atoms with Crippen LogP contribution in [0, 0.1) is 11.3 Å². The summed E-state index contributed by atoms with van der Waals surface area (Å²) in [6, 6.07) is 5.11. The number of piperidine rings is 1. The van der Waals surface area contributed by atoms with Crippen LogP contribution in [0.1, 0.15) is 46.0 Å². The molecule has 2 fully saturated rings. The Hall–Kier alpha value is -2.22. The maximum atomic E-state index is 12.7. The molecule has 1 aromatic heterocycles. The van der Waals surface area contributed by atoms with E-state index in [2.05, 4.69) is 21.7 Å². The Morgan fingerprint density at radius 2 is 1.97 bits per heavy atom. The van der Waals surface area contributed by atoms with E-state index in [9.17, 15) is 13.2 Å². The van der Waals surface area contributed by atoms with Crippen molar-refractivity contribution in [3.8, 4) is 6.07 Å². The Bertz CT molecular complexity index is 904. The minimum absolute atomic E-state index is 0.0671. The molecule has 2 saturated heterocycles. The van der Waals surface area contributed by atoms with E-state index < -0.39 is 15.6 Å². The Kier molecular flexibility index (Phi) is 7.51. The number of rotatable bonds is 8. The molecule has 0 aromatic carbocycles. The summed E-state index contributed by atoms with van der Waals surface area (Å²) in [6.07, 6.45) is 5.86. The van der Waals surface area contributed by atoms with Gasteiger partial charge in [0.1, 0.15) is 16.8 Å². The molecule has 9 nitrogen and oxygen atoms in total. The summed E-state index contributed by atoms with van der Waals surface area (Å²) in [5.74, 6) is 0.505. The van der Waals surface area contributed by atoms with Crippen LogP contribution in [0.4, 0.5) is 5.82 Å². The fourth-order valence-electron chi connectivity index (χ4n) is 3.88. The van der Waals surface area contributed by atoms with Crippen molar-refractivity contribution >= 4 is 21.7 Å². The van der Waals surface area contributed by atoms with E-state index in [1.54, 1.807) is 17.0 Å². The third-order valence-electron chi connectivity index (χ3n) is 5.84. The van der Waals surface area contributed by atoms with Gasteiger partial charge in [-0.3, -0.25) is 4.79 Å². The van der Waals surface area contributed by atoms with E-state index in [4.69, 9.17) is 5.26 Å². The molecule has 2 N–H and O–H groups in total. The fraction of sp³-hybridized carbons (Fsp3) is 0.667. The predicted octanol–water partition coefficient (Wildman–Crippen LogP) is 1.55. The minimum Gasteiger partial charge on any atom is -0.368 e. The number of carbonyl (C=O) groups is 1. The van der Waals surface area contributed by atoms with Crippen LogP contribution in [0.3, 0.4) is 0 Å². The lowest BCUT2D eigenvalue weighted by molar-refractivity contribution is -0.130. The molecule has 10 heteroatoms. The molecule has 1 amide bonds. The van der Waals surface area contributed by atoms with Crippen LogP contribution in [0.2, 0.25) is 0 Å². The summed E-state index contributed by atoms with van der Waals surface area (Å²) in [4.78, 5) is 18.5. The lowest BCUT2D eigenvalue weighted by Crippen LogP contribution is -2.50. The monoisotopic (exact) mass is 448 g/mol. The molecule has 0 aliphatic carbocycles. The second kappa shape index (κ2) is 9.94. The number of nitrogens with zero attached hydrogens (tertiary/aromatic N) is 4. The number of likely N-dealkylation sites (tertiary alicyclic amines) is 1. The van der Waals surface area contributed by atoms with Crippen LogP contribution in [-0.2, 0) is 14.8 Å². The van der Waals surface area contributed by atoms with Gasteiger partial charge in [-0.05, 0) is 51.7 Å². The molecule has 2 aliphatic rings. The fourth-order valence-corrected chi connectivity index (χ4v) is 5.34. The van der Waals surface area contributed by atoms with Crippen LogP contribution in [-0.4, -0.2) is 72.8 Å². The van der Waals surface area contributed by atoms with Crippen molar-refractivity contribution in [3.05, 3.63) is 18.3 Å². The lowest BCUT2D eigenvalue weighted by atomic mass is 10.1. The van der Waals surface area contributed by atoms with Gasteiger partial charge in [-0.1, -0.05) is 6.42 Å². The number of anilines is 1. The number of pyridine rings is 1. The first kappa shape index (κ1) is 23.4. The number of nitrogens with one attached hydrogen (secondary N) is 2. The first-order chi connectivity index (χ1) is 14.7. The second-order valence-corrected chi connectivity index (χ2v) is 10.7. The molecule has 0 spiro atoms. The third-order valence-corrected chi connectivity index (χ3v) is 7.72. The predicted molar refractivity (Wildman–Crippen MR) is 118 cm³/mol. The average Bonchev–Trinajstić information content (AvgIpc) is 3.26. The molecular formula is C21H32N6O3S. The van der Waals surface area contributed by atoms with Gasteiger partial charge in [0.25, 0.3) is 0 Å². The lowest BCUT2D eigenvalue weighted by Gasteiger charge is -2.28. The molecule has 0 saturated carbocycles. The Morgan fingerprint density at radius 1 is 1.23 bits per heavy atom. The summed E-state index contributed by atoms with van der Waals surface area (Å²) in [5.41, 5.74) is -0.405. The number of carbonyl (C=O) groups excluding carboxylic acids is 1. The maximum absolute atomic E-state index is 12.7. The second-order valence-electron chi connectivity index (χ2n) is 8.81. The number of aromatic nitrogens is 1. The molecule has 170 valence electrons. The molecule has 31 heavy (non-hydrogen) atoms. The molecule has 0 bridgehead atoms. The molecule has 3 heterocycles. The summed E-state index contributed by atoms with van der Waals surface area (Å²) in [5, 5.41) is 15.6. The minimum atomic E-state index is -3.49. The number of sulfonamides is 1. The van der Waals surface area contributed by atoms with Crippen molar-refractivity contribution in [2.45, 2.75) is 62.4 Å². The van der Waals surface area contributed by atoms with E-state index in [1.165, 1.54) is 10.5 Å². The molecule has 3 rings (SSSR count). The first-order valence-corrected chi connectivity index (χ1v) is 12.3. The quantitative estimate of drug-likeness (QED) is 0.619. The van der Waals surface area contributed by atoms with Crippen LogP contribution >= 0.6 is 0 Å². The van der Waals surface area contributed by atoms with Crippen molar-refractivity contribution < 1.29 is 13.2 Å². The molecule has 0 unspecified atom stereocenters. The van der Waals surface area contributed by atoms with E-state index in [-0.39, 0.29) is 23.4 Å². The highest BCUT2D eigenvalue weighted by atomic mass is 32.2. The summed E-state index contributed by atoms with van der Waals surface area (Å²) in [6.45, 7) is 6.35. The van der Waals surface area contributed by atoms with Gasteiger partial charge in [-0.25, -0.2) is 13.4 Å². The van der Waals surface area contributed by atoms with Gasteiger partial charge in [-0.2, -0.15) is 9.57 Å². The van der Waals surface area contributed by atoms with Gasteiger partial charge < -0.3 is 15.5 Å². The topological polar surface area (TPSA) is 118 Å². The largest absolute Gasteiger partial charge is 0.368 e. The highest BCUT2D eigenvalue weighted by Crippen LogP contribution is 2.21. The van der Waals surface area contributed by atoms with Crippen LogP contribution in [0.15, 0.2) is 23.2 Å². The molecule has 1 atom stereocenters. The van der Waals surface area contributed by atoms with Crippen LogP contribution in [0.25, 0.3) is 0 Å². The number of nitriles is 1. The van der Waals surface area contributed by atoms with Gasteiger partial charge >= 0.3 is 0 Å². The smallest absolute Gasteiger partial charge is 0.244 e. The maximum Gasteiger partial charge on any atom is 0.244 e. The highest BCUT2D eigenvalue weighted by Gasteiger charge is 2.30. The van der Waals surface area contributed by atoms with Crippen molar-refractivity contribution in [1.29, 1.82) is 5.26 Å². The van der Waals surface area contributed by atoms with Gasteiger partial charge in [0.15, 0.2) is 0 Å². The Morgan fingerprint density at radius 3 is 2.61 bits per heavy atom. The van der Waals surface area contributed by atoms with E-state index in [0.29, 0.717) is 32.0 Å². The summed E-state index contributed by atoms with van der Waals surface area (Å²) < 4.78 is 27.0. The van der Waals surface area contributed by atoms with Crippen molar-refractivity contribution in [2.75, 3.05) is 38.0 Å². The van der Waals surface area contributed by atoms with Crippen LogP contribution in [0.5, 0.6) is 0 Å². The van der Waals surface area contributed by atoms with Gasteiger partial charge in [-0.15, -0.1) is 0 Å². The molecular weight excluding hydrogens is 416 g/mol. The van der Waals surface area contributed by atoms with Gasteiger partial charge in [0.2, 0.25) is 15.9 Å². The number of hydrogen-bond acceptors (Lipinski definition) is 7. The first-order valence-electron chi connectivity index (χ1n) is 10.9. The van der Waals surface area contributed by atoms with Crippen molar-refractivity contribution in [3.63, 3.8) is 0 Å². The van der Waals surface area contributed by atoms with E-state index in [1.807, 2.05) is 13.8 Å². The van der Waals surface area contributed by atoms with Crippen molar-refractivity contribution in [2.24, 2.45) is 0 Å². The zero-order valence-corrected chi connectivity index (χ0v) is 19.1. The summed E-state index contributed by atoms with van der Waals surface area (Å²) in [7, 11) is -3.49. The average molecular weight is 449 g/mol. The molecule has 2 aliphatic heterocycles. The summed E-state index contributed by atoms with van der Waals surface area (Å²) >= 11 is 0. The SMILES string of the molecule is CC(C)(CNc1ccc(S(=O)(=O)N2CCCCC2)cn1)NCC(=O)N1CCC[C@H]1C#N. The zero-order chi connectivity index (χ0) is 22.5. The zero-order valence-electron chi connectivity index (χ0n) is 18.3. The highest BCUT2D eigenvalue weighted by molar-refractivity contribution is 7.89. The normalized spacial score (nSPS) is 20.4. The number of hydrogen-bond donors (Lipinski definition) is 2. The molecule has 0 radical (unpaired) electrons. The van der Waals surface area contributed by atoms with Crippen molar-refractivity contribution in [1.82, 2.24) is 19.5 Å². The Balaban J connectivity index is 1.50. The van der Waals surface area contributed by atoms with E-state index >= 15 is 0 Å². The Labute approximate surface area is 184 Å².